The standard InChI is InChI=1S/C17H17BrFNO2/c1-22-16-8-7-13(11-15(16)19)17(21)20-9-3-5-12-4-2-6-14(18)10-12/h2,4,6-8,10-11H,3,5,9H2,1H3,(H,20,21). The summed E-state index contributed by atoms with van der Waals surface area (Å²) in [5, 5.41) is 2.79. The van der Waals surface area contributed by atoms with Crippen molar-refractivity contribution in [2.24, 2.45) is 0 Å². The molecule has 1 amide bonds. The zero-order valence-corrected chi connectivity index (χ0v) is 13.8. The Bertz CT molecular complexity index is 661. The van der Waals surface area contributed by atoms with Gasteiger partial charge in [-0.25, -0.2) is 4.39 Å². The Kier molecular flexibility index (Phi) is 5.95. The van der Waals surface area contributed by atoms with E-state index in [1.807, 2.05) is 18.2 Å². The van der Waals surface area contributed by atoms with Gasteiger partial charge in [-0.05, 0) is 48.7 Å². The number of aryl methyl sites for hydroxylation is 1. The topological polar surface area (TPSA) is 38.3 Å². The van der Waals surface area contributed by atoms with E-state index < -0.39 is 5.82 Å². The first-order valence-electron chi connectivity index (χ1n) is 6.96. The first-order chi connectivity index (χ1) is 10.6. The monoisotopic (exact) mass is 365 g/mol. The van der Waals surface area contributed by atoms with Crippen molar-refractivity contribution in [3.63, 3.8) is 0 Å². The van der Waals surface area contributed by atoms with Gasteiger partial charge in [0.2, 0.25) is 0 Å². The molecule has 0 heterocycles. The average Bonchev–Trinajstić information content (AvgIpc) is 2.51. The molecule has 2 aromatic carbocycles. The molecule has 2 rings (SSSR count). The average molecular weight is 366 g/mol. The van der Waals surface area contributed by atoms with Crippen molar-refractivity contribution in [1.29, 1.82) is 0 Å². The molecule has 0 atom stereocenters. The van der Waals surface area contributed by atoms with Gasteiger partial charge in [0, 0.05) is 16.6 Å². The number of amides is 1. The first-order valence-corrected chi connectivity index (χ1v) is 7.75. The molecule has 0 saturated heterocycles. The van der Waals surface area contributed by atoms with Crippen LogP contribution in [0.25, 0.3) is 0 Å². The van der Waals surface area contributed by atoms with Gasteiger partial charge >= 0.3 is 0 Å². The lowest BCUT2D eigenvalue weighted by Crippen LogP contribution is -2.24. The Balaban J connectivity index is 1.81. The number of carbonyl (C=O) groups excluding carboxylic acids is 1. The molecule has 0 unspecified atom stereocenters. The van der Waals surface area contributed by atoms with Crippen LogP contribution in [0.2, 0.25) is 0 Å². The van der Waals surface area contributed by atoms with Crippen molar-refractivity contribution in [2.75, 3.05) is 13.7 Å². The van der Waals surface area contributed by atoms with E-state index in [1.165, 1.54) is 24.8 Å². The third kappa shape index (κ3) is 4.56. The number of methoxy groups -OCH3 is 1. The van der Waals surface area contributed by atoms with Crippen LogP contribution in [0.5, 0.6) is 5.75 Å². The maximum Gasteiger partial charge on any atom is 0.251 e. The maximum absolute atomic E-state index is 13.5. The summed E-state index contributed by atoms with van der Waals surface area (Å²) < 4.78 is 19.4. The summed E-state index contributed by atoms with van der Waals surface area (Å²) in [5.41, 5.74) is 1.50. The van der Waals surface area contributed by atoms with Gasteiger partial charge in [0.15, 0.2) is 11.6 Å². The molecule has 22 heavy (non-hydrogen) atoms. The van der Waals surface area contributed by atoms with E-state index in [2.05, 4.69) is 27.3 Å². The molecule has 0 aromatic heterocycles. The molecule has 3 nitrogen and oxygen atoms in total. The van der Waals surface area contributed by atoms with E-state index in [-0.39, 0.29) is 11.7 Å². The Morgan fingerprint density at radius 1 is 1.27 bits per heavy atom. The number of ether oxygens (including phenoxy) is 1. The molecule has 0 spiro atoms. The van der Waals surface area contributed by atoms with Crippen LogP contribution in [0, 0.1) is 5.82 Å². The number of hydrogen-bond acceptors (Lipinski definition) is 2. The van der Waals surface area contributed by atoms with Crippen molar-refractivity contribution in [3.8, 4) is 5.75 Å². The number of halogens is 2. The van der Waals surface area contributed by atoms with Crippen molar-refractivity contribution >= 4 is 21.8 Å². The number of hydrogen-bond donors (Lipinski definition) is 1. The summed E-state index contributed by atoms with van der Waals surface area (Å²) in [5.74, 6) is -0.689. The van der Waals surface area contributed by atoms with Gasteiger partial charge in [-0.15, -0.1) is 0 Å². The molecule has 0 bridgehead atoms. The second kappa shape index (κ2) is 7.94. The Labute approximate surface area is 137 Å². The molecule has 0 aliphatic carbocycles. The predicted octanol–water partition coefficient (Wildman–Crippen LogP) is 3.96. The largest absolute Gasteiger partial charge is 0.494 e. The molecule has 5 heteroatoms. The third-order valence-corrected chi connectivity index (χ3v) is 3.72. The molecule has 1 N–H and O–H groups in total. The van der Waals surface area contributed by atoms with Crippen LogP contribution in [-0.4, -0.2) is 19.6 Å². The lowest BCUT2D eigenvalue weighted by Gasteiger charge is -2.07. The minimum atomic E-state index is -0.538. The highest BCUT2D eigenvalue weighted by Crippen LogP contribution is 2.17. The van der Waals surface area contributed by atoms with Crippen molar-refractivity contribution in [3.05, 3.63) is 63.9 Å². The number of nitrogens with one attached hydrogen (secondary N) is 1. The van der Waals surface area contributed by atoms with Crippen LogP contribution >= 0.6 is 15.9 Å². The second-order valence-electron chi connectivity index (χ2n) is 4.84. The quantitative estimate of drug-likeness (QED) is 0.786. The summed E-state index contributed by atoms with van der Waals surface area (Å²) >= 11 is 3.43. The molecular formula is C17H17BrFNO2. The van der Waals surface area contributed by atoms with E-state index in [1.54, 1.807) is 6.07 Å². The molecule has 0 saturated carbocycles. The summed E-state index contributed by atoms with van der Waals surface area (Å²) in [6.45, 7) is 0.541. The van der Waals surface area contributed by atoms with E-state index in [0.717, 1.165) is 17.3 Å². The lowest BCUT2D eigenvalue weighted by atomic mass is 10.1. The number of benzene rings is 2. The van der Waals surface area contributed by atoms with Crippen LogP contribution in [0.3, 0.4) is 0 Å². The number of rotatable bonds is 6. The second-order valence-corrected chi connectivity index (χ2v) is 5.75. The van der Waals surface area contributed by atoms with Gasteiger partial charge in [0.25, 0.3) is 5.91 Å². The van der Waals surface area contributed by atoms with Gasteiger partial charge in [-0.1, -0.05) is 28.1 Å². The van der Waals surface area contributed by atoms with Crippen LogP contribution in [0.4, 0.5) is 4.39 Å². The molecule has 0 aliphatic rings. The van der Waals surface area contributed by atoms with E-state index in [0.29, 0.717) is 12.1 Å². The van der Waals surface area contributed by atoms with Gasteiger partial charge in [0.1, 0.15) is 0 Å². The van der Waals surface area contributed by atoms with E-state index in [9.17, 15) is 9.18 Å². The fraction of sp³-hybridized carbons (Fsp3) is 0.235. The molecule has 0 radical (unpaired) electrons. The molecular weight excluding hydrogens is 349 g/mol. The fourth-order valence-corrected chi connectivity index (χ4v) is 2.54. The fourth-order valence-electron chi connectivity index (χ4n) is 2.10. The predicted molar refractivity (Wildman–Crippen MR) is 87.7 cm³/mol. The molecule has 0 aliphatic heterocycles. The minimum Gasteiger partial charge on any atom is -0.494 e. The van der Waals surface area contributed by atoms with Crippen LogP contribution < -0.4 is 10.1 Å². The summed E-state index contributed by atoms with van der Waals surface area (Å²) in [6.07, 6.45) is 1.69. The summed E-state index contributed by atoms with van der Waals surface area (Å²) in [4.78, 5) is 11.9. The highest BCUT2D eigenvalue weighted by atomic mass is 79.9. The summed E-state index contributed by atoms with van der Waals surface area (Å²) in [6, 6.07) is 12.2. The van der Waals surface area contributed by atoms with Gasteiger partial charge in [-0.2, -0.15) is 0 Å². The molecule has 0 fully saturated rings. The van der Waals surface area contributed by atoms with Crippen LogP contribution in [0.1, 0.15) is 22.3 Å². The highest BCUT2D eigenvalue weighted by Gasteiger charge is 2.09. The maximum atomic E-state index is 13.5. The molecule has 116 valence electrons. The van der Waals surface area contributed by atoms with Crippen LogP contribution in [0.15, 0.2) is 46.9 Å². The zero-order chi connectivity index (χ0) is 15.9. The Hall–Kier alpha value is -1.88. The van der Waals surface area contributed by atoms with Gasteiger partial charge in [-0.3, -0.25) is 4.79 Å². The smallest absolute Gasteiger partial charge is 0.251 e. The van der Waals surface area contributed by atoms with Crippen molar-refractivity contribution in [2.45, 2.75) is 12.8 Å². The SMILES string of the molecule is COc1ccc(C(=O)NCCCc2cccc(Br)c2)cc1F. The summed E-state index contributed by atoms with van der Waals surface area (Å²) in [7, 11) is 1.39. The van der Waals surface area contributed by atoms with Crippen LogP contribution in [-0.2, 0) is 6.42 Å². The highest BCUT2D eigenvalue weighted by molar-refractivity contribution is 9.10. The van der Waals surface area contributed by atoms with Crippen molar-refractivity contribution < 1.29 is 13.9 Å². The minimum absolute atomic E-state index is 0.131. The Morgan fingerprint density at radius 3 is 2.77 bits per heavy atom. The van der Waals surface area contributed by atoms with E-state index in [4.69, 9.17) is 4.74 Å². The molecule has 2 aromatic rings. The van der Waals surface area contributed by atoms with Crippen molar-refractivity contribution in [1.82, 2.24) is 5.32 Å². The van der Waals surface area contributed by atoms with E-state index >= 15 is 0 Å². The zero-order valence-electron chi connectivity index (χ0n) is 12.2. The Morgan fingerprint density at radius 2 is 2.09 bits per heavy atom. The first kappa shape index (κ1) is 16.5. The third-order valence-electron chi connectivity index (χ3n) is 3.23. The number of carbonyl (C=O) groups is 1. The van der Waals surface area contributed by atoms with Gasteiger partial charge in [0.05, 0.1) is 7.11 Å². The van der Waals surface area contributed by atoms with Gasteiger partial charge < -0.3 is 10.1 Å². The normalized spacial score (nSPS) is 10.3. The lowest BCUT2D eigenvalue weighted by molar-refractivity contribution is 0.0952.